The maximum Gasteiger partial charge on any atom is 0.120 e. The van der Waals surface area contributed by atoms with Crippen molar-refractivity contribution in [3.8, 4) is 17.0 Å². The number of anilines is 1. The summed E-state index contributed by atoms with van der Waals surface area (Å²) in [5.74, 6) is 0.845. The Hall–Kier alpha value is -2.88. The highest BCUT2D eigenvalue weighted by atomic mass is 16.5. The molecule has 0 aliphatic carbocycles. The largest absolute Gasteiger partial charge is 0.497 e. The van der Waals surface area contributed by atoms with Gasteiger partial charge in [0.2, 0.25) is 0 Å². The van der Waals surface area contributed by atoms with E-state index >= 15 is 0 Å². The number of nitrogen functional groups attached to an aromatic ring is 1. The van der Waals surface area contributed by atoms with Gasteiger partial charge in [-0.1, -0.05) is 6.07 Å². The van der Waals surface area contributed by atoms with Crippen molar-refractivity contribution < 1.29 is 4.74 Å². The lowest BCUT2D eigenvalue weighted by Gasteiger charge is -2.09. The Bertz CT molecular complexity index is 1010. The molecule has 0 saturated carbocycles. The van der Waals surface area contributed by atoms with Crippen LogP contribution in [0.4, 0.5) is 5.69 Å². The average Bonchev–Trinajstić information content (AvgIpc) is 3.16. The molecule has 4 rings (SSSR count). The summed E-state index contributed by atoms with van der Waals surface area (Å²) < 4.78 is 7.62. The van der Waals surface area contributed by atoms with Crippen molar-refractivity contribution in [2.45, 2.75) is 13.5 Å². The van der Waals surface area contributed by atoms with Gasteiger partial charge in [0, 0.05) is 40.7 Å². The van der Waals surface area contributed by atoms with Gasteiger partial charge in [0.1, 0.15) is 5.75 Å². The molecule has 0 fully saturated rings. The number of aromatic nitrogens is 2. The van der Waals surface area contributed by atoms with Crippen LogP contribution in [0.15, 0.2) is 48.7 Å². The number of nitrogens with two attached hydrogens (primary N) is 1. The normalized spacial score (nSPS) is 11.4. The van der Waals surface area contributed by atoms with Crippen LogP contribution in [0.2, 0.25) is 0 Å². The van der Waals surface area contributed by atoms with Gasteiger partial charge < -0.3 is 20.0 Å². The van der Waals surface area contributed by atoms with Crippen molar-refractivity contribution in [3.63, 3.8) is 0 Å². The molecule has 116 valence electrons. The number of nitrogens with zero attached hydrogens (tertiary/aromatic N) is 1. The fourth-order valence-corrected chi connectivity index (χ4v) is 3.32. The first-order valence-corrected chi connectivity index (χ1v) is 7.76. The molecule has 4 heteroatoms. The van der Waals surface area contributed by atoms with Crippen LogP contribution in [0.1, 0.15) is 6.92 Å². The number of aryl methyl sites for hydroxylation is 1. The second-order valence-corrected chi connectivity index (χ2v) is 5.67. The number of hydrogen-bond acceptors (Lipinski definition) is 2. The number of nitrogens with one attached hydrogen (secondary N) is 1. The third-order valence-corrected chi connectivity index (χ3v) is 4.45. The lowest BCUT2D eigenvalue weighted by Crippen LogP contribution is -1.98. The molecule has 0 radical (unpaired) electrons. The van der Waals surface area contributed by atoms with Crippen LogP contribution < -0.4 is 10.5 Å². The zero-order valence-electron chi connectivity index (χ0n) is 13.3. The van der Waals surface area contributed by atoms with Crippen LogP contribution in [-0.2, 0) is 6.54 Å². The van der Waals surface area contributed by atoms with E-state index in [2.05, 4.69) is 40.7 Å². The van der Waals surface area contributed by atoms with Crippen molar-refractivity contribution in [3.05, 3.63) is 48.7 Å². The molecule has 0 aliphatic rings. The summed E-state index contributed by atoms with van der Waals surface area (Å²) in [6.07, 6.45) is 1.96. The summed E-state index contributed by atoms with van der Waals surface area (Å²) in [4.78, 5) is 3.23. The SMILES string of the molecule is CCn1c(-c2ccc3[nH]ccc3c2)c(N)c2ccc(OC)cc21. The highest BCUT2D eigenvalue weighted by molar-refractivity contribution is 6.02. The van der Waals surface area contributed by atoms with E-state index in [1.165, 1.54) is 5.39 Å². The number of aromatic amines is 1. The summed E-state index contributed by atoms with van der Waals surface area (Å²) in [6, 6.07) is 14.5. The van der Waals surface area contributed by atoms with Gasteiger partial charge in [0.15, 0.2) is 0 Å². The van der Waals surface area contributed by atoms with Crippen LogP contribution in [0.25, 0.3) is 33.1 Å². The molecular formula is C19H19N3O. The number of H-pyrrole nitrogens is 1. The van der Waals surface area contributed by atoms with E-state index in [9.17, 15) is 0 Å². The number of fused-ring (bicyclic) bond motifs is 2. The Balaban J connectivity index is 2.03. The zero-order chi connectivity index (χ0) is 16.0. The summed E-state index contributed by atoms with van der Waals surface area (Å²) in [5, 5.41) is 2.25. The first-order chi connectivity index (χ1) is 11.2. The van der Waals surface area contributed by atoms with Crippen molar-refractivity contribution >= 4 is 27.5 Å². The Morgan fingerprint density at radius 2 is 2.00 bits per heavy atom. The smallest absolute Gasteiger partial charge is 0.120 e. The van der Waals surface area contributed by atoms with E-state index in [0.717, 1.165) is 45.7 Å². The standard InChI is InChI=1S/C19H19N3O/c1-3-22-17-11-14(23-2)5-6-15(17)18(20)19(22)13-4-7-16-12(10-13)8-9-21-16/h4-11,21H,3,20H2,1-2H3. The second-order valence-electron chi connectivity index (χ2n) is 5.67. The molecule has 0 amide bonds. The van der Waals surface area contributed by atoms with Gasteiger partial charge in [-0.2, -0.15) is 0 Å². The van der Waals surface area contributed by atoms with E-state index in [4.69, 9.17) is 10.5 Å². The minimum Gasteiger partial charge on any atom is -0.497 e. The first-order valence-electron chi connectivity index (χ1n) is 7.76. The molecule has 0 atom stereocenters. The minimum absolute atomic E-state index is 0.819. The first kappa shape index (κ1) is 13.8. The molecule has 0 spiro atoms. The Kier molecular flexibility index (Phi) is 3.05. The van der Waals surface area contributed by atoms with E-state index in [-0.39, 0.29) is 0 Å². The lowest BCUT2D eigenvalue weighted by molar-refractivity contribution is 0.415. The molecule has 2 heterocycles. The van der Waals surface area contributed by atoms with E-state index in [0.29, 0.717) is 0 Å². The van der Waals surface area contributed by atoms with E-state index in [1.807, 2.05) is 24.4 Å². The maximum atomic E-state index is 6.49. The van der Waals surface area contributed by atoms with Gasteiger partial charge in [0.05, 0.1) is 24.0 Å². The quantitative estimate of drug-likeness (QED) is 0.589. The molecule has 0 bridgehead atoms. The average molecular weight is 305 g/mol. The third-order valence-electron chi connectivity index (χ3n) is 4.45. The molecular weight excluding hydrogens is 286 g/mol. The molecule has 0 saturated heterocycles. The van der Waals surface area contributed by atoms with Gasteiger partial charge in [-0.05, 0) is 37.3 Å². The van der Waals surface area contributed by atoms with Gasteiger partial charge >= 0.3 is 0 Å². The highest BCUT2D eigenvalue weighted by Gasteiger charge is 2.16. The fourth-order valence-electron chi connectivity index (χ4n) is 3.32. The molecule has 23 heavy (non-hydrogen) atoms. The summed E-state index contributed by atoms with van der Waals surface area (Å²) in [6.45, 7) is 2.98. The van der Waals surface area contributed by atoms with Crippen molar-refractivity contribution in [2.75, 3.05) is 12.8 Å². The van der Waals surface area contributed by atoms with Gasteiger partial charge in [-0.25, -0.2) is 0 Å². The summed E-state index contributed by atoms with van der Waals surface area (Å²) in [5.41, 5.74) is 11.7. The van der Waals surface area contributed by atoms with Gasteiger partial charge in [-0.3, -0.25) is 0 Å². The van der Waals surface area contributed by atoms with E-state index in [1.54, 1.807) is 7.11 Å². The maximum absolute atomic E-state index is 6.49. The monoisotopic (exact) mass is 305 g/mol. The second kappa shape index (κ2) is 5.09. The van der Waals surface area contributed by atoms with Crippen LogP contribution in [0.5, 0.6) is 5.75 Å². The van der Waals surface area contributed by atoms with Crippen molar-refractivity contribution in [2.24, 2.45) is 0 Å². The highest BCUT2D eigenvalue weighted by Crippen LogP contribution is 2.38. The third kappa shape index (κ3) is 1.99. The van der Waals surface area contributed by atoms with Crippen LogP contribution >= 0.6 is 0 Å². The van der Waals surface area contributed by atoms with Crippen molar-refractivity contribution in [1.82, 2.24) is 9.55 Å². The Labute approximate surface area is 134 Å². The molecule has 3 N–H and O–H groups in total. The van der Waals surface area contributed by atoms with Crippen LogP contribution in [-0.4, -0.2) is 16.7 Å². The number of rotatable bonds is 3. The number of hydrogen-bond donors (Lipinski definition) is 2. The topological polar surface area (TPSA) is 56.0 Å². The Morgan fingerprint density at radius 3 is 2.78 bits per heavy atom. The summed E-state index contributed by atoms with van der Waals surface area (Å²) in [7, 11) is 1.69. The fraction of sp³-hybridized carbons (Fsp3) is 0.158. The van der Waals surface area contributed by atoms with Crippen LogP contribution in [0.3, 0.4) is 0 Å². The zero-order valence-corrected chi connectivity index (χ0v) is 13.3. The van der Waals surface area contributed by atoms with Gasteiger partial charge in [0.25, 0.3) is 0 Å². The van der Waals surface area contributed by atoms with Gasteiger partial charge in [-0.15, -0.1) is 0 Å². The number of methoxy groups -OCH3 is 1. The molecule has 2 aromatic carbocycles. The predicted octanol–water partition coefficient (Wildman–Crippen LogP) is 4.40. The minimum atomic E-state index is 0.819. The molecule has 4 aromatic rings. The van der Waals surface area contributed by atoms with Crippen molar-refractivity contribution in [1.29, 1.82) is 0 Å². The lowest BCUT2D eigenvalue weighted by atomic mass is 10.1. The predicted molar refractivity (Wildman–Crippen MR) is 95.9 cm³/mol. The number of ether oxygens (including phenoxy) is 1. The number of benzene rings is 2. The van der Waals surface area contributed by atoms with Crippen LogP contribution in [0, 0.1) is 0 Å². The molecule has 2 aromatic heterocycles. The molecule has 0 aliphatic heterocycles. The van der Waals surface area contributed by atoms with E-state index < -0.39 is 0 Å². The Morgan fingerprint density at radius 1 is 1.13 bits per heavy atom. The summed E-state index contributed by atoms with van der Waals surface area (Å²) >= 11 is 0. The molecule has 4 nitrogen and oxygen atoms in total. The molecule has 0 unspecified atom stereocenters.